The van der Waals surface area contributed by atoms with Gasteiger partial charge in [0, 0.05) is 19.5 Å². The van der Waals surface area contributed by atoms with E-state index in [-0.39, 0.29) is 31.8 Å². The van der Waals surface area contributed by atoms with Crippen molar-refractivity contribution >= 4 is 10.1 Å². The molecule has 0 aromatic rings. The molecule has 0 N–H and O–H groups in total. The maximum absolute atomic E-state index is 10.4. The molecule has 5 heteroatoms. The predicted octanol–water partition coefficient (Wildman–Crippen LogP) is 0.370. The first-order chi connectivity index (χ1) is 3.62. The molecule has 0 fully saturated rings. The van der Waals surface area contributed by atoms with Gasteiger partial charge >= 0.3 is 0 Å². The second kappa shape index (κ2) is 5.33. The summed E-state index contributed by atoms with van der Waals surface area (Å²) in [5, 5.41) is 0. The minimum Gasteiger partial charge on any atom is -0.270 e. The Morgan fingerprint density at radius 2 is 1.78 bits per heavy atom. The third-order valence-electron chi connectivity index (χ3n) is 0.651. The molecule has 0 spiro atoms. The molecule has 0 aliphatic heterocycles. The Morgan fingerprint density at radius 3 is 1.89 bits per heavy atom. The second-order valence-corrected chi connectivity index (χ2v) is 3.18. The fraction of sp³-hybridized carbons (Fsp3) is 1.00. The van der Waals surface area contributed by atoms with Gasteiger partial charge in [-0.25, -0.2) is 0 Å². The molecule has 3 nitrogen and oxygen atoms in total. The molecule has 0 unspecified atom stereocenters. The zero-order chi connectivity index (χ0) is 6.62. The Morgan fingerprint density at radius 1 is 1.33 bits per heavy atom. The second-order valence-electron chi connectivity index (χ2n) is 1.25. The molecule has 52 valence electrons. The van der Waals surface area contributed by atoms with Gasteiger partial charge in [-0.05, 0) is 13.8 Å². The fourth-order valence-corrected chi connectivity index (χ4v) is 0.789. The Bertz CT molecular complexity index is 140. The van der Waals surface area contributed by atoms with Crippen LogP contribution in [0.15, 0.2) is 0 Å². The van der Waals surface area contributed by atoms with Gasteiger partial charge < -0.3 is 0 Å². The molecule has 0 amide bonds. The van der Waals surface area contributed by atoms with Gasteiger partial charge in [-0.1, -0.05) is 0 Å². The van der Waals surface area contributed by atoms with E-state index in [9.17, 15) is 8.42 Å². The molecule has 0 aliphatic carbocycles. The van der Waals surface area contributed by atoms with Crippen molar-refractivity contribution in [2.75, 3.05) is 12.4 Å². The molecule has 0 aromatic heterocycles. The number of rotatable bonds is 3. The van der Waals surface area contributed by atoms with E-state index in [4.69, 9.17) is 0 Å². The third kappa shape index (κ3) is 6.42. The van der Waals surface area contributed by atoms with Gasteiger partial charge in [0.2, 0.25) is 0 Å². The van der Waals surface area contributed by atoms with E-state index >= 15 is 0 Å². The molecule has 0 heterocycles. The largest absolute Gasteiger partial charge is 0.270 e. The molecule has 0 saturated carbocycles. The summed E-state index contributed by atoms with van der Waals surface area (Å²) < 4.78 is 25.1. The standard InChI is InChI=1S/C4H10O3S.Zn/c1-3-7-8(5,6)4-2;/h3-4H2,1-2H3;. The number of hydrogen-bond donors (Lipinski definition) is 0. The van der Waals surface area contributed by atoms with Gasteiger partial charge in [-0.15, -0.1) is 0 Å². The normalized spacial score (nSPS) is 10.4. The Balaban J connectivity index is 0. The van der Waals surface area contributed by atoms with Crippen molar-refractivity contribution in [1.29, 1.82) is 0 Å². The molecule has 0 bridgehead atoms. The molecule has 0 radical (unpaired) electrons. The SMILES string of the molecule is CCOS(=O)(=O)CC.[Zn]. The summed E-state index contributed by atoms with van der Waals surface area (Å²) in [6, 6.07) is 0. The van der Waals surface area contributed by atoms with Crippen LogP contribution >= 0.6 is 0 Å². The zero-order valence-electron chi connectivity index (χ0n) is 5.75. The van der Waals surface area contributed by atoms with Crippen LogP contribution in [-0.4, -0.2) is 20.8 Å². The summed E-state index contributed by atoms with van der Waals surface area (Å²) in [6.07, 6.45) is 0. The van der Waals surface area contributed by atoms with E-state index in [1.807, 2.05) is 0 Å². The van der Waals surface area contributed by atoms with Crippen LogP contribution in [0, 0.1) is 0 Å². The summed E-state index contributed by atoms with van der Waals surface area (Å²) in [5.74, 6) is 0.0564. The third-order valence-corrected chi connectivity index (χ3v) is 1.95. The summed E-state index contributed by atoms with van der Waals surface area (Å²) in [6.45, 7) is 3.42. The first kappa shape index (κ1) is 12.2. The molecule has 0 rings (SSSR count). The van der Waals surface area contributed by atoms with Crippen LogP contribution in [0.25, 0.3) is 0 Å². The van der Waals surface area contributed by atoms with Gasteiger partial charge in [0.15, 0.2) is 0 Å². The first-order valence-electron chi connectivity index (χ1n) is 2.49. The van der Waals surface area contributed by atoms with Gasteiger partial charge in [0.25, 0.3) is 10.1 Å². The quantitative estimate of drug-likeness (QED) is 0.492. The maximum Gasteiger partial charge on any atom is 0.267 e. The van der Waals surface area contributed by atoms with Gasteiger partial charge in [0.1, 0.15) is 0 Å². The zero-order valence-corrected chi connectivity index (χ0v) is 9.54. The van der Waals surface area contributed by atoms with E-state index in [0.29, 0.717) is 0 Å². The van der Waals surface area contributed by atoms with Gasteiger partial charge in [-0.2, -0.15) is 8.42 Å². The van der Waals surface area contributed by atoms with Gasteiger partial charge in [-0.3, -0.25) is 4.18 Å². The Hall–Kier alpha value is 0.533. The molecule has 0 aliphatic rings. The van der Waals surface area contributed by atoms with Crippen LogP contribution in [-0.2, 0) is 33.8 Å². The van der Waals surface area contributed by atoms with Crippen molar-refractivity contribution in [3.05, 3.63) is 0 Å². The molecular weight excluding hydrogens is 193 g/mol. The van der Waals surface area contributed by atoms with E-state index in [1.54, 1.807) is 13.8 Å². The molecule has 0 aromatic carbocycles. The first-order valence-corrected chi connectivity index (χ1v) is 4.07. The summed E-state index contributed by atoms with van der Waals surface area (Å²) in [4.78, 5) is 0. The molecule has 0 atom stereocenters. The van der Waals surface area contributed by atoms with Crippen LogP contribution in [0.3, 0.4) is 0 Å². The monoisotopic (exact) mass is 202 g/mol. The predicted molar refractivity (Wildman–Crippen MR) is 31.1 cm³/mol. The topological polar surface area (TPSA) is 43.4 Å². The van der Waals surface area contributed by atoms with E-state index in [1.165, 1.54) is 0 Å². The van der Waals surface area contributed by atoms with Crippen molar-refractivity contribution < 1.29 is 32.1 Å². The van der Waals surface area contributed by atoms with Crippen LogP contribution in [0.4, 0.5) is 0 Å². The average Bonchev–Trinajstić information content (AvgIpc) is 1.67. The van der Waals surface area contributed by atoms with E-state index in [2.05, 4.69) is 4.18 Å². The van der Waals surface area contributed by atoms with E-state index < -0.39 is 10.1 Å². The van der Waals surface area contributed by atoms with Crippen LogP contribution in [0.5, 0.6) is 0 Å². The minimum atomic E-state index is -3.17. The fourth-order valence-electron chi connectivity index (χ4n) is 0.263. The Kier molecular flexibility index (Phi) is 7.24. The summed E-state index contributed by atoms with van der Waals surface area (Å²) in [5.41, 5.74) is 0. The van der Waals surface area contributed by atoms with E-state index in [0.717, 1.165) is 0 Å². The van der Waals surface area contributed by atoms with Crippen molar-refractivity contribution in [2.45, 2.75) is 13.8 Å². The molecule has 0 saturated heterocycles. The maximum atomic E-state index is 10.4. The molecule has 9 heavy (non-hydrogen) atoms. The van der Waals surface area contributed by atoms with Crippen molar-refractivity contribution in [2.24, 2.45) is 0 Å². The van der Waals surface area contributed by atoms with Crippen molar-refractivity contribution in [3.8, 4) is 0 Å². The van der Waals surface area contributed by atoms with Crippen LogP contribution in [0.2, 0.25) is 0 Å². The summed E-state index contributed by atoms with van der Waals surface area (Å²) >= 11 is 0. The van der Waals surface area contributed by atoms with Gasteiger partial charge in [0.05, 0.1) is 12.4 Å². The molecular formula is C4H10O3SZn. The van der Waals surface area contributed by atoms with Crippen LogP contribution < -0.4 is 0 Å². The smallest absolute Gasteiger partial charge is 0.267 e. The van der Waals surface area contributed by atoms with Crippen molar-refractivity contribution in [3.63, 3.8) is 0 Å². The average molecular weight is 204 g/mol. The number of hydrogen-bond acceptors (Lipinski definition) is 3. The Labute approximate surface area is 68.7 Å². The van der Waals surface area contributed by atoms with Crippen molar-refractivity contribution in [1.82, 2.24) is 0 Å². The minimum absolute atomic E-state index is 0. The van der Waals surface area contributed by atoms with Crippen LogP contribution in [0.1, 0.15) is 13.8 Å². The summed E-state index contributed by atoms with van der Waals surface area (Å²) in [7, 11) is -3.17.